The maximum Gasteiger partial charge on any atom is 0.257 e. The fraction of sp³-hybridized carbons (Fsp3) is 0.375. The van der Waals surface area contributed by atoms with E-state index in [2.05, 4.69) is 5.32 Å². The van der Waals surface area contributed by atoms with Gasteiger partial charge in [0, 0.05) is 25.1 Å². The Morgan fingerprint density at radius 2 is 1.97 bits per heavy atom. The Morgan fingerprint density at radius 1 is 1.22 bits per heavy atom. The van der Waals surface area contributed by atoms with E-state index in [1.54, 1.807) is 46.2 Å². The average molecular weight is 456 g/mol. The lowest BCUT2D eigenvalue weighted by atomic mass is 9.98. The van der Waals surface area contributed by atoms with Gasteiger partial charge in [-0.05, 0) is 57.5 Å². The van der Waals surface area contributed by atoms with E-state index in [1.165, 1.54) is 0 Å². The zero-order valence-corrected chi connectivity index (χ0v) is 19.1. The highest BCUT2D eigenvalue weighted by atomic mass is 35.5. The van der Waals surface area contributed by atoms with Crippen LogP contribution in [0.3, 0.4) is 0 Å². The van der Waals surface area contributed by atoms with Gasteiger partial charge in [-0.25, -0.2) is 0 Å². The number of nitrogens with one attached hydrogen (secondary N) is 1. The van der Waals surface area contributed by atoms with Crippen LogP contribution in [0.1, 0.15) is 50.4 Å². The number of rotatable bonds is 6. The molecule has 1 fully saturated rings. The summed E-state index contributed by atoms with van der Waals surface area (Å²) in [5.74, 6) is 0.126. The number of benzene rings is 2. The van der Waals surface area contributed by atoms with Crippen molar-refractivity contribution in [2.24, 2.45) is 0 Å². The Kier molecular flexibility index (Phi) is 5.86. The largest absolute Gasteiger partial charge is 0.489 e. The van der Waals surface area contributed by atoms with Gasteiger partial charge in [-0.2, -0.15) is 0 Å². The van der Waals surface area contributed by atoms with Crippen molar-refractivity contribution in [2.75, 3.05) is 16.8 Å². The fourth-order valence-electron chi connectivity index (χ4n) is 4.41. The van der Waals surface area contributed by atoms with Gasteiger partial charge in [0.25, 0.3) is 5.91 Å². The second-order valence-electron chi connectivity index (χ2n) is 8.53. The van der Waals surface area contributed by atoms with Crippen LogP contribution in [0.25, 0.3) is 0 Å². The number of carbonyl (C=O) groups is 3. The molecule has 0 saturated carbocycles. The molecule has 7 nitrogen and oxygen atoms in total. The number of halogens is 1. The molecular weight excluding hydrogens is 430 g/mol. The molecule has 1 unspecified atom stereocenters. The van der Waals surface area contributed by atoms with Crippen molar-refractivity contribution >= 4 is 40.7 Å². The maximum atomic E-state index is 13.2. The van der Waals surface area contributed by atoms with Gasteiger partial charge < -0.3 is 15.0 Å². The molecular formula is C24H26ClN3O4. The molecule has 4 rings (SSSR count). The average Bonchev–Trinajstić information content (AvgIpc) is 3.05. The van der Waals surface area contributed by atoms with Crippen LogP contribution in [0.15, 0.2) is 42.5 Å². The number of carbonyl (C=O) groups excluding carboxylic acids is 3. The fourth-order valence-corrected chi connectivity index (χ4v) is 4.63. The van der Waals surface area contributed by atoms with Crippen molar-refractivity contribution in [2.45, 2.75) is 51.8 Å². The van der Waals surface area contributed by atoms with E-state index >= 15 is 0 Å². The van der Waals surface area contributed by atoms with E-state index in [0.717, 1.165) is 0 Å². The van der Waals surface area contributed by atoms with E-state index in [1.807, 2.05) is 26.8 Å². The first-order valence-electron chi connectivity index (χ1n) is 10.7. The van der Waals surface area contributed by atoms with Crippen LogP contribution >= 0.6 is 11.6 Å². The minimum Gasteiger partial charge on any atom is -0.489 e. The zero-order chi connectivity index (χ0) is 23.0. The summed E-state index contributed by atoms with van der Waals surface area (Å²) in [4.78, 5) is 41.8. The van der Waals surface area contributed by atoms with Crippen molar-refractivity contribution in [1.29, 1.82) is 0 Å². The van der Waals surface area contributed by atoms with Gasteiger partial charge in [0.15, 0.2) is 0 Å². The lowest BCUT2D eigenvalue weighted by Gasteiger charge is -2.48. The van der Waals surface area contributed by atoms with Crippen LogP contribution in [0.2, 0.25) is 5.02 Å². The van der Waals surface area contributed by atoms with E-state index < -0.39 is 5.66 Å². The standard InChI is InChI=1S/C24H26ClN3O4/c1-15(2)32-20-9-8-16(14-18(20)25)26-21(29)11-13-27-23(31)17-6-4-5-7-19(17)28-22(30)10-12-24(27,28)3/h4-9,14-15H,10-13H2,1-3H3,(H,26,29). The molecule has 32 heavy (non-hydrogen) atoms. The maximum absolute atomic E-state index is 13.2. The summed E-state index contributed by atoms with van der Waals surface area (Å²) in [5, 5.41) is 3.23. The number of ether oxygens (including phenoxy) is 1. The third-order valence-electron chi connectivity index (χ3n) is 5.89. The Balaban J connectivity index is 1.47. The summed E-state index contributed by atoms with van der Waals surface area (Å²) in [6, 6.07) is 12.2. The first-order valence-corrected chi connectivity index (χ1v) is 11.1. The first kappa shape index (κ1) is 22.1. The molecule has 2 aliphatic heterocycles. The monoisotopic (exact) mass is 455 g/mol. The summed E-state index contributed by atoms with van der Waals surface area (Å²) in [6.07, 6.45) is 0.973. The number of amides is 3. The van der Waals surface area contributed by atoms with Gasteiger partial charge >= 0.3 is 0 Å². The lowest BCUT2D eigenvalue weighted by molar-refractivity contribution is -0.117. The van der Waals surface area contributed by atoms with Gasteiger partial charge in [-0.3, -0.25) is 19.3 Å². The zero-order valence-electron chi connectivity index (χ0n) is 18.4. The van der Waals surface area contributed by atoms with Gasteiger partial charge in [-0.1, -0.05) is 23.7 Å². The van der Waals surface area contributed by atoms with E-state index in [4.69, 9.17) is 16.3 Å². The molecule has 0 bridgehead atoms. The summed E-state index contributed by atoms with van der Waals surface area (Å²) < 4.78 is 5.61. The van der Waals surface area contributed by atoms with Crippen LogP contribution in [0, 0.1) is 0 Å². The minimum atomic E-state index is -0.776. The normalized spacial score (nSPS) is 19.8. The minimum absolute atomic E-state index is 0.0106. The third kappa shape index (κ3) is 3.93. The molecule has 168 valence electrons. The molecule has 1 atom stereocenters. The number of hydrogen-bond acceptors (Lipinski definition) is 4. The highest BCUT2D eigenvalue weighted by Gasteiger charge is 2.52. The summed E-state index contributed by atoms with van der Waals surface area (Å²) >= 11 is 6.25. The van der Waals surface area contributed by atoms with Crippen LogP contribution in [0.5, 0.6) is 5.75 Å². The molecule has 2 aromatic carbocycles. The van der Waals surface area contributed by atoms with E-state index in [0.29, 0.717) is 40.6 Å². The molecule has 2 aromatic rings. The molecule has 0 spiro atoms. The van der Waals surface area contributed by atoms with E-state index in [-0.39, 0.29) is 36.8 Å². The topological polar surface area (TPSA) is 79.0 Å². The number of anilines is 2. The quantitative estimate of drug-likeness (QED) is 0.697. The van der Waals surface area contributed by atoms with Crippen molar-refractivity contribution in [3.63, 3.8) is 0 Å². The third-order valence-corrected chi connectivity index (χ3v) is 6.18. The lowest BCUT2D eigenvalue weighted by Crippen LogP contribution is -2.62. The SMILES string of the molecule is CC(C)Oc1ccc(NC(=O)CCN2C(=O)c3ccccc3N3C(=O)CCC23C)cc1Cl. The van der Waals surface area contributed by atoms with Crippen LogP contribution in [0.4, 0.5) is 11.4 Å². The molecule has 1 N–H and O–H groups in total. The Hall–Kier alpha value is -3.06. The number of hydrogen-bond donors (Lipinski definition) is 1. The smallest absolute Gasteiger partial charge is 0.257 e. The van der Waals surface area contributed by atoms with E-state index in [9.17, 15) is 14.4 Å². The van der Waals surface area contributed by atoms with Gasteiger partial charge in [0.1, 0.15) is 11.4 Å². The molecule has 2 aliphatic rings. The van der Waals surface area contributed by atoms with Gasteiger partial charge in [0.2, 0.25) is 11.8 Å². The Morgan fingerprint density at radius 3 is 2.69 bits per heavy atom. The van der Waals surface area contributed by atoms with Gasteiger partial charge in [-0.15, -0.1) is 0 Å². The second-order valence-corrected chi connectivity index (χ2v) is 8.94. The van der Waals surface area contributed by atoms with Crippen molar-refractivity contribution in [3.8, 4) is 5.75 Å². The molecule has 8 heteroatoms. The predicted molar refractivity (Wildman–Crippen MR) is 123 cm³/mol. The summed E-state index contributed by atoms with van der Waals surface area (Å²) in [6.45, 7) is 5.90. The molecule has 0 aliphatic carbocycles. The number of para-hydroxylation sites is 1. The molecule has 0 aromatic heterocycles. The van der Waals surface area contributed by atoms with Crippen LogP contribution in [-0.2, 0) is 9.59 Å². The van der Waals surface area contributed by atoms with Crippen molar-refractivity contribution < 1.29 is 19.1 Å². The number of fused-ring (bicyclic) bond motifs is 3. The van der Waals surface area contributed by atoms with Crippen molar-refractivity contribution in [1.82, 2.24) is 4.90 Å². The Labute approximate surface area is 192 Å². The molecule has 2 heterocycles. The first-order chi connectivity index (χ1) is 15.2. The molecule has 3 amide bonds. The molecule has 0 radical (unpaired) electrons. The van der Waals surface area contributed by atoms with Gasteiger partial charge in [0.05, 0.1) is 22.4 Å². The Bertz CT molecular complexity index is 1090. The second kappa shape index (κ2) is 8.47. The summed E-state index contributed by atoms with van der Waals surface area (Å²) in [7, 11) is 0. The predicted octanol–water partition coefficient (Wildman–Crippen LogP) is 4.45. The summed E-state index contributed by atoms with van der Waals surface area (Å²) in [5.41, 5.74) is 0.895. The van der Waals surface area contributed by atoms with Crippen molar-refractivity contribution in [3.05, 3.63) is 53.1 Å². The number of nitrogens with zero attached hydrogens (tertiary/aromatic N) is 2. The van der Waals surface area contributed by atoms with Crippen LogP contribution < -0.4 is 15.0 Å². The highest BCUT2D eigenvalue weighted by molar-refractivity contribution is 6.32. The highest BCUT2D eigenvalue weighted by Crippen LogP contribution is 2.44. The van der Waals surface area contributed by atoms with Crippen LogP contribution in [-0.4, -0.2) is 40.9 Å². The molecule has 1 saturated heterocycles.